The van der Waals surface area contributed by atoms with Gasteiger partial charge in [-0.15, -0.1) is 0 Å². The number of fused-ring (bicyclic) bond motifs is 1. The van der Waals surface area contributed by atoms with Crippen molar-refractivity contribution in [3.05, 3.63) is 95.2 Å². The van der Waals surface area contributed by atoms with Crippen LogP contribution in [0.25, 0.3) is 10.8 Å². The first kappa shape index (κ1) is 30.3. The summed E-state index contributed by atoms with van der Waals surface area (Å²) in [6.45, 7) is 11.0. The van der Waals surface area contributed by atoms with Gasteiger partial charge in [-0.05, 0) is 42.8 Å². The van der Waals surface area contributed by atoms with Crippen LogP contribution in [0.15, 0.2) is 71.1 Å². The number of oxazole rings is 1. The van der Waals surface area contributed by atoms with Crippen LogP contribution in [0, 0.1) is 6.92 Å². The molecule has 0 aliphatic carbocycles. The molecule has 0 bridgehead atoms. The van der Waals surface area contributed by atoms with Gasteiger partial charge in [-0.1, -0.05) is 81.4 Å². The number of hydrogen-bond acceptors (Lipinski definition) is 7. The highest BCUT2D eigenvalue weighted by Crippen LogP contribution is 2.31. The zero-order valence-corrected chi connectivity index (χ0v) is 25.6. The molecular weight excluding hydrogens is 544 g/mol. The molecule has 43 heavy (non-hydrogen) atoms. The Morgan fingerprint density at radius 3 is 2.47 bits per heavy atom. The molecule has 1 aromatic heterocycles. The molecule has 4 aromatic rings. The molecule has 0 N–H and O–H groups in total. The van der Waals surface area contributed by atoms with Crippen molar-refractivity contribution >= 4 is 22.8 Å². The van der Waals surface area contributed by atoms with E-state index in [1.54, 1.807) is 0 Å². The van der Waals surface area contributed by atoms with Gasteiger partial charge in [0.25, 0.3) is 5.91 Å². The molecule has 2 atom stereocenters. The minimum absolute atomic E-state index is 0.158. The van der Waals surface area contributed by atoms with Crippen LogP contribution in [-0.4, -0.2) is 53.9 Å². The van der Waals surface area contributed by atoms with Crippen LogP contribution in [-0.2, 0) is 38.9 Å². The van der Waals surface area contributed by atoms with E-state index in [-0.39, 0.29) is 24.0 Å². The summed E-state index contributed by atoms with van der Waals surface area (Å²) in [4.78, 5) is 32.4. The molecule has 1 aliphatic rings. The molecule has 0 radical (unpaired) electrons. The van der Waals surface area contributed by atoms with Gasteiger partial charge < -0.3 is 18.6 Å². The average Bonchev–Trinajstić information content (AvgIpc) is 3.55. The molecule has 2 heterocycles. The molecule has 2 amide bonds. The van der Waals surface area contributed by atoms with E-state index in [0.29, 0.717) is 32.5 Å². The first-order chi connectivity index (χ1) is 20.7. The number of carbonyl (C=O) groups is 2. The van der Waals surface area contributed by atoms with E-state index in [9.17, 15) is 9.59 Å². The molecule has 3 aromatic carbocycles. The van der Waals surface area contributed by atoms with Gasteiger partial charge in [-0.2, -0.15) is 0 Å². The quantitative estimate of drug-likeness (QED) is 0.196. The Morgan fingerprint density at radius 2 is 1.77 bits per heavy atom. The number of amides is 2. The maximum absolute atomic E-state index is 13.8. The topological polar surface area (TPSA) is 91.1 Å². The Hall–Kier alpha value is -4.17. The lowest BCUT2D eigenvalue weighted by Gasteiger charge is -2.25. The second-order valence-corrected chi connectivity index (χ2v) is 11.9. The van der Waals surface area contributed by atoms with Crippen LogP contribution < -0.4 is 4.74 Å². The summed E-state index contributed by atoms with van der Waals surface area (Å²) in [6, 6.07) is 21.3. The molecule has 1 saturated heterocycles. The standard InChI is InChI=1S/C35H40N2O6/c1-6-40-31(32(38)37-26(22-42-34(37)39)20-24-12-8-7-9-13-24)21-25-16-17-30(28-15-11-10-14-27(25)28)41-19-18-29-23(2)43-33(36-29)35(3,4)5/h7-17,26,31H,6,18-22H2,1-5H3. The van der Waals surface area contributed by atoms with E-state index in [2.05, 4.69) is 20.8 Å². The summed E-state index contributed by atoms with van der Waals surface area (Å²) in [6.07, 6.45) is -0.00332. The van der Waals surface area contributed by atoms with Gasteiger partial charge >= 0.3 is 6.09 Å². The van der Waals surface area contributed by atoms with Crippen molar-refractivity contribution in [2.75, 3.05) is 19.8 Å². The normalized spacial score (nSPS) is 16.0. The van der Waals surface area contributed by atoms with E-state index in [0.717, 1.165) is 45.0 Å². The predicted molar refractivity (Wildman–Crippen MR) is 164 cm³/mol. The summed E-state index contributed by atoms with van der Waals surface area (Å²) < 4.78 is 23.4. The number of aromatic nitrogens is 1. The Bertz CT molecular complexity index is 1570. The second kappa shape index (κ2) is 13.0. The number of hydrogen-bond donors (Lipinski definition) is 0. The minimum Gasteiger partial charge on any atom is -0.493 e. The van der Waals surface area contributed by atoms with E-state index < -0.39 is 12.2 Å². The molecule has 8 heteroatoms. The number of rotatable bonds is 11. The van der Waals surface area contributed by atoms with E-state index in [1.807, 2.05) is 80.6 Å². The van der Waals surface area contributed by atoms with E-state index in [4.69, 9.17) is 23.6 Å². The van der Waals surface area contributed by atoms with Crippen LogP contribution in [0.2, 0.25) is 0 Å². The fourth-order valence-electron chi connectivity index (χ4n) is 5.42. The lowest BCUT2D eigenvalue weighted by Crippen LogP contribution is -2.47. The number of nitrogens with zero attached hydrogens (tertiary/aromatic N) is 2. The smallest absolute Gasteiger partial charge is 0.417 e. The Kier molecular flexibility index (Phi) is 9.16. The first-order valence-electron chi connectivity index (χ1n) is 14.9. The number of aryl methyl sites for hydroxylation is 1. The summed E-state index contributed by atoms with van der Waals surface area (Å²) in [5.41, 5.74) is 2.71. The highest BCUT2D eigenvalue weighted by molar-refractivity contribution is 5.97. The number of cyclic esters (lactones) is 1. The van der Waals surface area contributed by atoms with Crippen molar-refractivity contribution in [1.82, 2.24) is 9.88 Å². The largest absolute Gasteiger partial charge is 0.493 e. The van der Waals surface area contributed by atoms with Gasteiger partial charge in [-0.25, -0.2) is 14.7 Å². The van der Waals surface area contributed by atoms with Crippen LogP contribution >= 0.6 is 0 Å². The third-order valence-electron chi connectivity index (χ3n) is 7.67. The molecular formula is C35H40N2O6. The van der Waals surface area contributed by atoms with Crippen molar-refractivity contribution in [3.63, 3.8) is 0 Å². The fraction of sp³-hybridized carbons (Fsp3) is 0.400. The lowest BCUT2D eigenvalue weighted by molar-refractivity contribution is -0.141. The molecule has 2 unspecified atom stereocenters. The Morgan fingerprint density at radius 1 is 1.05 bits per heavy atom. The van der Waals surface area contributed by atoms with Gasteiger partial charge in [0.05, 0.1) is 18.3 Å². The zero-order valence-electron chi connectivity index (χ0n) is 25.6. The third kappa shape index (κ3) is 6.91. The van der Waals surface area contributed by atoms with Crippen LogP contribution in [0.4, 0.5) is 4.79 Å². The van der Waals surface area contributed by atoms with Gasteiger partial charge in [0.15, 0.2) is 5.89 Å². The second-order valence-electron chi connectivity index (χ2n) is 11.9. The zero-order chi connectivity index (χ0) is 30.6. The summed E-state index contributed by atoms with van der Waals surface area (Å²) in [7, 11) is 0. The summed E-state index contributed by atoms with van der Waals surface area (Å²) in [5, 5.41) is 1.91. The molecule has 0 spiro atoms. The Balaban J connectivity index is 1.32. The van der Waals surface area contributed by atoms with E-state index in [1.165, 1.54) is 4.90 Å². The van der Waals surface area contributed by atoms with Gasteiger partial charge in [0, 0.05) is 30.2 Å². The van der Waals surface area contributed by atoms with Crippen LogP contribution in [0.3, 0.4) is 0 Å². The van der Waals surface area contributed by atoms with Gasteiger partial charge in [-0.3, -0.25) is 4.79 Å². The maximum atomic E-state index is 13.8. The van der Waals surface area contributed by atoms with Crippen molar-refractivity contribution in [2.45, 2.75) is 71.4 Å². The van der Waals surface area contributed by atoms with Crippen molar-refractivity contribution in [1.29, 1.82) is 0 Å². The van der Waals surface area contributed by atoms with Gasteiger partial charge in [0.2, 0.25) is 0 Å². The highest BCUT2D eigenvalue weighted by atomic mass is 16.6. The maximum Gasteiger partial charge on any atom is 0.417 e. The van der Waals surface area contributed by atoms with Crippen LogP contribution in [0.5, 0.6) is 5.75 Å². The van der Waals surface area contributed by atoms with E-state index >= 15 is 0 Å². The number of benzene rings is 3. The number of imide groups is 1. The average molecular weight is 585 g/mol. The Labute approximate surface area is 252 Å². The molecule has 1 fully saturated rings. The molecule has 5 rings (SSSR count). The van der Waals surface area contributed by atoms with Crippen molar-refractivity contribution in [2.24, 2.45) is 0 Å². The first-order valence-corrected chi connectivity index (χ1v) is 14.9. The summed E-state index contributed by atoms with van der Waals surface area (Å²) >= 11 is 0. The monoisotopic (exact) mass is 584 g/mol. The lowest BCUT2D eigenvalue weighted by atomic mass is 9.97. The van der Waals surface area contributed by atoms with Gasteiger partial charge in [0.1, 0.15) is 24.2 Å². The third-order valence-corrected chi connectivity index (χ3v) is 7.67. The fourth-order valence-corrected chi connectivity index (χ4v) is 5.42. The minimum atomic E-state index is -0.837. The molecule has 0 saturated carbocycles. The summed E-state index contributed by atoms with van der Waals surface area (Å²) in [5.74, 6) is 1.91. The number of ether oxygens (including phenoxy) is 3. The molecule has 1 aliphatic heterocycles. The van der Waals surface area contributed by atoms with Crippen molar-refractivity contribution < 1.29 is 28.2 Å². The molecule has 226 valence electrons. The SMILES string of the molecule is CCOC(Cc1ccc(OCCc2nc(C(C)(C)C)oc2C)c2ccccc12)C(=O)N1C(=O)OCC1Cc1ccccc1. The molecule has 8 nitrogen and oxygen atoms in total. The number of carbonyl (C=O) groups excluding carboxylic acids is 2. The predicted octanol–water partition coefficient (Wildman–Crippen LogP) is 6.59. The highest BCUT2D eigenvalue weighted by Gasteiger charge is 2.41. The van der Waals surface area contributed by atoms with Crippen LogP contribution in [0.1, 0.15) is 56.2 Å². The van der Waals surface area contributed by atoms with Crippen molar-refractivity contribution in [3.8, 4) is 5.75 Å².